The van der Waals surface area contributed by atoms with E-state index in [1.807, 2.05) is 0 Å². The first-order chi connectivity index (χ1) is 11.2. The molecule has 1 aromatic heterocycles. The third-order valence-electron chi connectivity index (χ3n) is 4.85. The normalized spacial score (nSPS) is 19.1. The molecule has 0 unspecified atom stereocenters. The molecule has 2 N–H and O–H groups in total. The molecular weight excluding hydrogens is 292 g/mol. The van der Waals surface area contributed by atoms with Crippen LogP contribution in [0.3, 0.4) is 0 Å². The number of nitrogens with zero attached hydrogens (tertiary/aromatic N) is 2. The van der Waals surface area contributed by atoms with E-state index < -0.39 is 0 Å². The third kappa shape index (κ3) is 4.56. The highest BCUT2D eigenvalue weighted by Crippen LogP contribution is 2.18. The van der Waals surface area contributed by atoms with Gasteiger partial charge < -0.3 is 10.6 Å². The van der Waals surface area contributed by atoms with Gasteiger partial charge >= 0.3 is 0 Å². The molecule has 2 fully saturated rings. The molecular formula is C17H26N4O2. The van der Waals surface area contributed by atoms with Gasteiger partial charge in [-0.1, -0.05) is 25.7 Å². The quantitative estimate of drug-likeness (QED) is 0.842. The Balaban J connectivity index is 1.43. The van der Waals surface area contributed by atoms with Crippen molar-refractivity contribution < 1.29 is 9.59 Å². The first kappa shape index (κ1) is 16.0. The predicted molar refractivity (Wildman–Crippen MR) is 87.0 cm³/mol. The lowest BCUT2D eigenvalue weighted by atomic mass is 10.2. The van der Waals surface area contributed by atoms with Crippen molar-refractivity contribution >= 4 is 11.8 Å². The van der Waals surface area contributed by atoms with Gasteiger partial charge in [-0.15, -0.1) is 0 Å². The molecule has 0 saturated heterocycles. The summed E-state index contributed by atoms with van der Waals surface area (Å²) in [6.45, 7) is 0.509. The van der Waals surface area contributed by atoms with Crippen LogP contribution in [0.15, 0.2) is 12.3 Å². The van der Waals surface area contributed by atoms with Crippen molar-refractivity contribution in [3.8, 4) is 0 Å². The maximum Gasteiger partial charge on any atom is 0.271 e. The first-order valence-electron chi connectivity index (χ1n) is 8.84. The van der Waals surface area contributed by atoms with Crippen LogP contribution in [0.1, 0.15) is 68.3 Å². The van der Waals surface area contributed by atoms with Gasteiger partial charge in [0.15, 0.2) is 0 Å². The first-order valence-corrected chi connectivity index (χ1v) is 8.84. The molecule has 0 spiro atoms. The zero-order chi connectivity index (χ0) is 16.1. The minimum atomic E-state index is -0.106. The Morgan fingerprint density at radius 2 is 1.65 bits per heavy atom. The van der Waals surface area contributed by atoms with Gasteiger partial charge in [0.1, 0.15) is 5.69 Å². The summed E-state index contributed by atoms with van der Waals surface area (Å²) >= 11 is 0. The average Bonchev–Trinajstić information content (AvgIpc) is 3.27. The Kier molecular flexibility index (Phi) is 5.31. The summed E-state index contributed by atoms with van der Waals surface area (Å²) in [4.78, 5) is 24.0. The molecule has 2 amide bonds. The van der Waals surface area contributed by atoms with Crippen molar-refractivity contribution in [2.24, 2.45) is 0 Å². The van der Waals surface area contributed by atoms with Crippen LogP contribution in [-0.2, 0) is 11.3 Å². The van der Waals surface area contributed by atoms with Gasteiger partial charge in [0, 0.05) is 31.2 Å². The van der Waals surface area contributed by atoms with E-state index in [-0.39, 0.29) is 11.8 Å². The standard InChI is InChI=1S/C17H26N4O2/c22-16(18-13-5-1-2-6-13)10-12-21-11-9-15(20-21)17(23)19-14-7-3-4-8-14/h9,11,13-14H,1-8,10,12H2,(H,18,22)(H,19,23). The Morgan fingerprint density at radius 3 is 2.30 bits per heavy atom. The monoisotopic (exact) mass is 318 g/mol. The highest BCUT2D eigenvalue weighted by molar-refractivity contribution is 5.92. The molecule has 0 radical (unpaired) electrons. The fourth-order valence-electron chi connectivity index (χ4n) is 3.52. The van der Waals surface area contributed by atoms with Crippen LogP contribution < -0.4 is 10.6 Å². The van der Waals surface area contributed by atoms with Crippen molar-refractivity contribution in [2.75, 3.05) is 0 Å². The number of aromatic nitrogens is 2. The molecule has 6 nitrogen and oxygen atoms in total. The maximum absolute atomic E-state index is 12.1. The van der Waals surface area contributed by atoms with E-state index in [9.17, 15) is 9.59 Å². The van der Waals surface area contributed by atoms with Crippen LogP contribution in [-0.4, -0.2) is 33.7 Å². The van der Waals surface area contributed by atoms with E-state index >= 15 is 0 Å². The third-order valence-corrected chi connectivity index (χ3v) is 4.85. The van der Waals surface area contributed by atoms with Gasteiger partial charge in [0.25, 0.3) is 5.91 Å². The summed E-state index contributed by atoms with van der Waals surface area (Å²) < 4.78 is 1.68. The molecule has 0 aliphatic heterocycles. The molecule has 0 atom stereocenters. The number of rotatable bonds is 6. The number of nitrogens with one attached hydrogen (secondary N) is 2. The van der Waals surface area contributed by atoms with Gasteiger partial charge in [-0.25, -0.2) is 0 Å². The summed E-state index contributed by atoms with van der Waals surface area (Å²) in [6.07, 6.45) is 11.3. The van der Waals surface area contributed by atoms with Crippen LogP contribution in [0.4, 0.5) is 0 Å². The van der Waals surface area contributed by atoms with Crippen LogP contribution in [0.25, 0.3) is 0 Å². The largest absolute Gasteiger partial charge is 0.353 e. The van der Waals surface area contributed by atoms with Crippen LogP contribution in [0, 0.1) is 0 Å². The van der Waals surface area contributed by atoms with E-state index in [1.54, 1.807) is 16.9 Å². The number of hydrogen-bond donors (Lipinski definition) is 2. The summed E-state index contributed by atoms with van der Waals surface area (Å²) in [5, 5.41) is 10.4. The van der Waals surface area contributed by atoms with Crippen molar-refractivity contribution in [1.82, 2.24) is 20.4 Å². The second-order valence-electron chi connectivity index (χ2n) is 6.72. The Labute approximate surface area is 137 Å². The minimum absolute atomic E-state index is 0.0735. The van der Waals surface area contributed by atoms with Crippen LogP contribution in [0.5, 0.6) is 0 Å². The van der Waals surface area contributed by atoms with E-state index in [1.165, 1.54) is 25.7 Å². The second-order valence-corrected chi connectivity index (χ2v) is 6.72. The molecule has 2 aliphatic rings. The van der Waals surface area contributed by atoms with Crippen molar-refractivity contribution in [1.29, 1.82) is 0 Å². The smallest absolute Gasteiger partial charge is 0.271 e. The van der Waals surface area contributed by atoms with Crippen molar-refractivity contribution in [2.45, 2.75) is 76.4 Å². The van der Waals surface area contributed by atoms with Gasteiger partial charge in [-0.05, 0) is 31.7 Å². The van der Waals surface area contributed by atoms with E-state index in [4.69, 9.17) is 0 Å². The predicted octanol–water partition coefficient (Wildman–Crippen LogP) is 2.00. The topological polar surface area (TPSA) is 76.0 Å². The lowest BCUT2D eigenvalue weighted by Crippen LogP contribution is -2.33. The molecule has 0 bridgehead atoms. The minimum Gasteiger partial charge on any atom is -0.353 e. The molecule has 2 saturated carbocycles. The molecule has 0 aromatic carbocycles. The Hall–Kier alpha value is -1.85. The van der Waals surface area contributed by atoms with E-state index in [2.05, 4.69) is 15.7 Å². The molecule has 126 valence electrons. The number of carbonyl (C=O) groups excluding carboxylic acids is 2. The van der Waals surface area contributed by atoms with E-state index in [0.29, 0.717) is 30.7 Å². The SMILES string of the molecule is O=C(CCn1ccc(C(=O)NC2CCCC2)n1)NC1CCCC1. The van der Waals surface area contributed by atoms with Gasteiger partial charge in [-0.3, -0.25) is 14.3 Å². The van der Waals surface area contributed by atoms with Gasteiger partial charge in [-0.2, -0.15) is 5.10 Å². The highest BCUT2D eigenvalue weighted by atomic mass is 16.2. The number of carbonyl (C=O) groups is 2. The number of aryl methyl sites for hydroxylation is 1. The molecule has 23 heavy (non-hydrogen) atoms. The molecule has 1 heterocycles. The Bertz CT molecular complexity index is 543. The van der Waals surface area contributed by atoms with E-state index in [0.717, 1.165) is 25.7 Å². The average molecular weight is 318 g/mol. The summed E-state index contributed by atoms with van der Waals surface area (Å²) in [7, 11) is 0. The number of hydrogen-bond acceptors (Lipinski definition) is 3. The summed E-state index contributed by atoms with van der Waals surface area (Å²) in [5.41, 5.74) is 0.438. The van der Waals surface area contributed by atoms with Gasteiger partial charge in [0.2, 0.25) is 5.91 Å². The number of amides is 2. The fourth-order valence-corrected chi connectivity index (χ4v) is 3.52. The summed E-state index contributed by atoms with van der Waals surface area (Å²) in [6, 6.07) is 2.37. The molecule has 6 heteroatoms. The Morgan fingerprint density at radius 1 is 1.04 bits per heavy atom. The fraction of sp³-hybridized carbons (Fsp3) is 0.706. The lowest BCUT2D eigenvalue weighted by Gasteiger charge is -2.11. The zero-order valence-electron chi connectivity index (χ0n) is 13.6. The zero-order valence-corrected chi connectivity index (χ0v) is 13.6. The molecule has 3 rings (SSSR count). The van der Waals surface area contributed by atoms with Crippen LogP contribution in [0.2, 0.25) is 0 Å². The lowest BCUT2D eigenvalue weighted by molar-refractivity contribution is -0.122. The maximum atomic E-state index is 12.1. The summed E-state index contributed by atoms with van der Waals surface area (Å²) in [5.74, 6) is -0.0320. The second kappa shape index (κ2) is 7.62. The van der Waals surface area contributed by atoms with Crippen molar-refractivity contribution in [3.05, 3.63) is 18.0 Å². The van der Waals surface area contributed by atoms with Crippen LogP contribution >= 0.6 is 0 Å². The van der Waals surface area contributed by atoms with Gasteiger partial charge in [0.05, 0.1) is 0 Å². The van der Waals surface area contributed by atoms with Crippen molar-refractivity contribution in [3.63, 3.8) is 0 Å². The highest BCUT2D eigenvalue weighted by Gasteiger charge is 2.20. The molecule has 1 aromatic rings. The molecule has 2 aliphatic carbocycles.